The van der Waals surface area contributed by atoms with Crippen LogP contribution in [0.3, 0.4) is 0 Å². The Kier molecular flexibility index (Phi) is 53.1. The van der Waals surface area contributed by atoms with Crippen molar-refractivity contribution in [2.45, 2.75) is 371 Å². The zero-order valence-corrected chi connectivity index (χ0v) is 70.4. The average Bonchev–Trinajstić information content (AvgIpc) is 1.85. The summed E-state index contributed by atoms with van der Waals surface area (Å²) in [5, 5.41) is 103. The van der Waals surface area contributed by atoms with Crippen LogP contribution in [0.2, 0.25) is 0 Å². The predicted molar refractivity (Wildman–Crippen MR) is 425 cm³/mol. The van der Waals surface area contributed by atoms with Gasteiger partial charge in [0.15, 0.2) is 18.9 Å². The fourth-order valence-corrected chi connectivity index (χ4v) is 14.8. The molecular weight excluding hydrogens is 1500 g/mol. The second-order valence-electron chi connectivity index (χ2n) is 33.8. The molecule has 0 aromatic heterocycles. The van der Waals surface area contributed by atoms with Gasteiger partial charge in [0.25, 0.3) is 0 Å². The number of unbranched alkanes of at least 4 members (excludes halogenated alkanes) is 15. The van der Waals surface area contributed by atoms with Gasteiger partial charge in [0.2, 0.25) is 11.8 Å². The summed E-state index contributed by atoms with van der Waals surface area (Å²) in [7, 11) is 0. The highest BCUT2D eigenvalue weighted by Crippen LogP contribution is 2.32. The molecule has 0 bridgehead atoms. The molecule has 2 amide bonds. The monoisotopic (exact) mass is 1650 g/mol. The summed E-state index contributed by atoms with van der Waals surface area (Å²) < 4.78 is 58.9. The Labute approximate surface area is 683 Å². The lowest BCUT2D eigenvalue weighted by molar-refractivity contribution is -0.282. The number of β-amino-alcohol motifs (C(OH)–C–C–N with tert-alkyl or cyclic N) is 1. The lowest BCUT2D eigenvalue weighted by atomic mass is 9.83. The van der Waals surface area contributed by atoms with E-state index in [0.717, 1.165) is 44.9 Å². The molecule has 4 aliphatic rings. The number of carbonyl (C=O) groups is 8. The van der Waals surface area contributed by atoms with Gasteiger partial charge in [-0.25, -0.2) is 0 Å². The fraction of sp³-hybridized carbons (Fsp3) is 0.906. The fourth-order valence-electron chi connectivity index (χ4n) is 14.8. The summed E-state index contributed by atoms with van der Waals surface area (Å²) in [4.78, 5) is 107. The molecule has 17 atom stereocenters. The first-order chi connectivity index (χ1) is 55.0. The number of rotatable bonds is 68. The molecule has 30 heteroatoms. The van der Waals surface area contributed by atoms with Crippen LogP contribution in [0.5, 0.6) is 0 Å². The summed E-state index contributed by atoms with van der Waals surface area (Å²) in [6.45, 7) is 11.6. The Balaban J connectivity index is 1.28. The first-order valence-electron chi connectivity index (χ1n) is 43.5. The first kappa shape index (κ1) is 104. The molecule has 4 saturated heterocycles. The quantitative estimate of drug-likeness (QED) is 0.0284. The molecule has 0 aliphatic carbocycles. The summed E-state index contributed by atoms with van der Waals surface area (Å²) in [6, 6.07) is -0.134. The van der Waals surface area contributed by atoms with E-state index in [0.29, 0.717) is 167 Å². The van der Waals surface area contributed by atoms with Crippen molar-refractivity contribution in [1.29, 1.82) is 0 Å². The van der Waals surface area contributed by atoms with Crippen molar-refractivity contribution in [3.05, 3.63) is 0 Å². The van der Waals surface area contributed by atoms with E-state index in [2.05, 4.69) is 5.32 Å². The van der Waals surface area contributed by atoms with Crippen LogP contribution in [0.1, 0.15) is 279 Å². The highest BCUT2D eigenvalue weighted by Gasteiger charge is 2.45. The van der Waals surface area contributed by atoms with Crippen LogP contribution >= 0.6 is 0 Å². The maximum atomic E-state index is 14.2. The van der Waals surface area contributed by atoms with E-state index in [1.807, 2.05) is 20.8 Å². The molecule has 4 aliphatic heterocycles. The molecule has 0 radical (unpaired) electrons. The number of aliphatic hydroxyl groups excluding tert-OH is 10. The van der Waals surface area contributed by atoms with E-state index < -0.39 is 123 Å². The number of nitrogens with one attached hydrogen (secondary N) is 1. The van der Waals surface area contributed by atoms with Crippen molar-refractivity contribution in [3.8, 4) is 0 Å². The van der Waals surface area contributed by atoms with E-state index in [1.54, 1.807) is 25.7 Å². The summed E-state index contributed by atoms with van der Waals surface area (Å²) >= 11 is 0. The van der Waals surface area contributed by atoms with E-state index in [1.165, 1.54) is 0 Å². The predicted octanol–water partition coefficient (Wildman–Crippen LogP) is 6.65. The lowest BCUT2D eigenvalue weighted by Gasteiger charge is -2.40. The zero-order valence-electron chi connectivity index (χ0n) is 70.4. The van der Waals surface area contributed by atoms with Gasteiger partial charge in [0, 0.05) is 146 Å². The second-order valence-corrected chi connectivity index (χ2v) is 33.8. The van der Waals surface area contributed by atoms with Crippen molar-refractivity contribution < 1.29 is 137 Å². The molecule has 4 fully saturated rings. The second kappa shape index (κ2) is 59.0. The molecular formula is C85H150N2O28. The number of aliphatic hydroxyl groups is 10. The highest BCUT2D eigenvalue weighted by molar-refractivity contribution is 5.81. The Morgan fingerprint density at radius 2 is 0.696 bits per heavy atom. The zero-order chi connectivity index (χ0) is 84.6. The van der Waals surface area contributed by atoms with Crippen LogP contribution < -0.4 is 5.32 Å². The summed E-state index contributed by atoms with van der Waals surface area (Å²) in [5.41, 5.74) is -1.41. The van der Waals surface area contributed by atoms with Gasteiger partial charge in [-0.3, -0.25) is 38.4 Å². The molecule has 4 heterocycles. The average molecular weight is 1650 g/mol. The van der Waals surface area contributed by atoms with Gasteiger partial charge in [-0.2, -0.15) is 0 Å². The van der Waals surface area contributed by atoms with Crippen LogP contribution in [0.15, 0.2) is 0 Å². The minimum absolute atomic E-state index is 0.00662. The van der Waals surface area contributed by atoms with Gasteiger partial charge < -0.3 is 109 Å². The Morgan fingerprint density at radius 1 is 0.383 bits per heavy atom. The maximum Gasteiger partial charge on any atom is 0.222 e. The molecule has 0 aromatic rings. The number of ketones is 6. The number of hydrogen-bond donors (Lipinski definition) is 11. The number of carbonyl (C=O) groups excluding carboxylic acids is 8. The number of amides is 2. The van der Waals surface area contributed by atoms with Crippen molar-refractivity contribution in [3.63, 3.8) is 0 Å². The molecule has 0 aromatic carbocycles. The van der Waals surface area contributed by atoms with Crippen LogP contribution in [0, 0.1) is 23.2 Å². The standard InChI is InChI=1S/C85H150N2O28/c1-59-75(100)78(103)70(52-88)113-81(59)109-43-26-22-34-63(91)29-16-13-18-31-65(93)39-46-106-56-85(50-68(96)36-15-11-9-7-8-10-12-20-38-74(99)87-51-69(97)49-62(87)55-112-84(4,5)6,57-107-47-40-66(94)32-19-14-17-30-64(92)35-23-27-44-110-82-60(2)76(101)79(104)71(53-89)114-82)58-108-48-41-67(95)33-21-25-42-86-73(98)37-24-28-45-111-83-61(3)77(102)80(105)72(54-90)115-83/h59-62,69-72,75-83,88-90,97,100-105H,7-58H2,1-6H3,(H,86,98)/t59?,60?,61?,62-,69+,70?,71?,72?,75?,76?,77?,78?,79?,80?,81?,82?,83?,85?/m0/s1. The lowest BCUT2D eigenvalue weighted by Crippen LogP contribution is -2.55. The van der Waals surface area contributed by atoms with Gasteiger partial charge in [0.1, 0.15) is 71.3 Å². The van der Waals surface area contributed by atoms with Gasteiger partial charge in [0.05, 0.1) is 102 Å². The van der Waals surface area contributed by atoms with Crippen molar-refractivity contribution in [1.82, 2.24) is 10.2 Å². The molecule has 0 spiro atoms. The van der Waals surface area contributed by atoms with Crippen molar-refractivity contribution >= 4 is 46.5 Å². The topological polar surface area (TPSA) is 446 Å². The largest absolute Gasteiger partial charge is 0.394 e. The molecule has 30 nitrogen and oxygen atoms in total. The molecule has 115 heavy (non-hydrogen) atoms. The number of likely N-dealkylation sites (tertiary alicyclic amines) is 1. The number of ether oxygens (including phenoxy) is 10. The smallest absolute Gasteiger partial charge is 0.222 e. The number of nitrogens with zero attached hydrogens (tertiary/aromatic N) is 1. The summed E-state index contributed by atoms with van der Waals surface area (Å²) in [6.07, 6.45) is 6.54. The minimum Gasteiger partial charge on any atom is -0.394 e. The van der Waals surface area contributed by atoms with Gasteiger partial charge in [-0.15, -0.1) is 0 Å². The third-order valence-electron chi connectivity index (χ3n) is 22.3. The van der Waals surface area contributed by atoms with Crippen LogP contribution in [0.4, 0.5) is 0 Å². The Bertz CT molecular complexity index is 2490. The summed E-state index contributed by atoms with van der Waals surface area (Å²) in [5.74, 6) is -1.56. The third kappa shape index (κ3) is 42.5. The van der Waals surface area contributed by atoms with E-state index >= 15 is 0 Å². The molecule has 4 rings (SSSR count). The van der Waals surface area contributed by atoms with Crippen molar-refractivity contribution in [2.75, 3.05) is 99.0 Å². The molecule has 0 saturated carbocycles. The first-order valence-corrected chi connectivity index (χ1v) is 43.5. The third-order valence-corrected chi connectivity index (χ3v) is 22.3. The van der Waals surface area contributed by atoms with Crippen molar-refractivity contribution in [2.24, 2.45) is 23.2 Å². The minimum atomic E-state index is -1.22. The molecule has 668 valence electrons. The van der Waals surface area contributed by atoms with Gasteiger partial charge >= 0.3 is 0 Å². The van der Waals surface area contributed by atoms with Gasteiger partial charge in [-0.05, 0) is 117 Å². The SMILES string of the molecule is CC1C(OCCCCC(=O)CCCCCC(=O)CCOCC(COCCC(=O)CCCCCC(=O)CCCCOC2OC(CO)C(O)C(O)C2C)(COCCC(=O)CCCCNC(=O)CCCCOC2OC(CO)C(O)C(O)C2C)CC(=O)CCCCCCCCCCC(=O)N2C[C@H](O)C[C@H]2COC(C)(C)C)OC(CO)C(O)C1O. The highest BCUT2D eigenvalue weighted by atomic mass is 16.7. The number of Topliss-reactive ketones (excluding diaryl/α,β-unsaturated/α-hetero) is 6. The Morgan fingerprint density at radius 3 is 1.06 bits per heavy atom. The number of hydrogen-bond acceptors (Lipinski definition) is 28. The van der Waals surface area contributed by atoms with Crippen LogP contribution in [0.25, 0.3) is 0 Å². The molecule has 11 N–H and O–H groups in total. The maximum absolute atomic E-state index is 14.2. The Hall–Kier alpha value is -3.84. The van der Waals surface area contributed by atoms with E-state index in [9.17, 15) is 89.4 Å². The van der Waals surface area contributed by atoms with Gasteiger partial charge in [-0.1, -0.05) is 72.1 Å². The van der Waals surface area contributed by atoms with Crippen LogP contribution in [-0.2, 0) is 85.7 Å². The van der Waals surface area contributed by atoms with E-state index in [-0.39, 0.29) is 163 Å². The normalized spacial score (nSPS) is 26.4. The van der Waals surface area contributed by atoms with E-state index in [4.69, 9.17) is 47.4 Å². The molecule has 15 unspecified atom stereocenters. The van der Waals surface area contributed by atoms with Crippen LogP contribution in [-0.4, -0.2) is 293 Å².